The number of nitrogens with zero attached hydrogens (tertiary/aromatic N) is 4. The van der Waals surface area contributed by atoms with Crippen LogP contribution < -0.4 is 5.32 Å². The van der Waals surface area contributed by atoms with Crippen molar-refractivity contribution in [2.75, 3.05) is 18.4 Å². The van der Waals surface area contributed by atoms with E-state index in [2.05, 4.69) is 10.4 Å². The molecule has 2 fully saturated rings. The van der Waals surface area contributed by atoms with Crippen molar-refractivity contribution in [3.8, 4) is 0 Å². The van der Waals surface area contributed by atoms with Crippen molar-refractivity contribution in [1.29, 1.82) is 0 Å². The molecule has 0 spiro atoms. The Kier molecular flexibility index (Phi) is 4.04. The number of aromatic nitrogens is 2. The number of anilines is 1. The second-order valence-corrected chi connectivity index (χ2v) is 6.22. The van der Waals surface area contributed by atoms with Crippen LogP contribution in [0.2, 0.25) is 0 Å². The summed E-state index contributed by atoms with van der Waals surface area (Å²) in [5.41, 5.74) is 0.698. The molecule has 2 aliphatic rings. The molecule has 1 saturated carbocycles. The van der Waals surface area contributed by atoms with Crippen molar-refractivity contribution in [2.45, 2.75) is 44.7 Å². The molecule has 120 valence electrons. The van der Waals surface area contributed by atoms with Crippen LogP contribution in [-0.2, 0) is 11.8 Å². The number of likely N-dealkylation sites (tertiary alicyclic amines) is 1. The molecule has 1 aliphatic heterocycles. The van der Waals surface area contributed by atoms with E-state index in [-0.39, 0.29) is 18.0 Å². The summed E-state index contributed by atoms with van der Waals surface area (Å²) in [6.45, 7) is 3.01. The smallest absolute Gasteiger partial charge is 0.322 e. The maximum Gasteiger partial charge on any atom is 0.322 e. The lowest BCUT2D eigenvalue weighted by molar-refractivity contribution is -0.130. The summed E-state index contributed by atoms with van der Waals surface area (Å²) in [6, 6.07) is 0.400. The molecular weight excluding hydrogens is 282 g/mol. The third-order valence-electron chi connectivity index (χ3n) is 4.39. The van der Waals surface area contributed by atoms with E-state index in [1.807, 2.05) is 16.8 Å². The number of amides is 3. The fourth-order valence-corrected chi connectivity index (χ4v) is 3.12. The molecule has 0 aromatic carbocycles. The average Bonchev–Trinajstić information content (AvgIpc) is 3.05. The lowest BCUT2D eigenvalue weighted by atomic mass is 10.2. The Morgan fingerprint density at radius 2 is 2.18 bits per heavy atom. The normalized spacial score (nSPS) is 21.0. The molecule has 1 saturated heterocycles. The molecule has 7 heteroatoms. The fraction of sp³-hybridized carbons (Fsp3) is 0.667. The molecule has 1 aromatic rings. The van der Waals surface area contributed by atoms with E-state index in [1.165, 1.54) is 0 Å². The molecule has 2 heterocycles. The van der Waals surface area contributed by atoms with Crippen LogP contribution in [0.4, 0.5) is 10.5 Å². The summed E-state index contributed by atoms with van der Waals surface area (Å²) in [7, 11) is 1.81. The maximum absolute atomic E-state index is 12.4. The van der Waals surface area contributed by atoms with Gasteiger partial charge < -0.3 is 15.1 Å². The van der Waals surface area contributed by atoms with Gasteiger partial charge in [-0.25, -0.2) is 4.79 Å². The number of nitrogens with one attached hydrogen (secondary N) is 1. The minimum absolute atomic E-state index is 0.102. The number of urea groups is 1. The van der Waals surface area contributed by atoms with E-state index in [9.17, 15) is 9.59 Å². The predicted octanol–water partition coefficient (Wildman–Crippen LogP) is 1.43. The summed E-state index contributed by atoms with van der Waals surface area (Å²) in [6.07, 6.45) is 7.53. The molecule has 1 aliphatic carbocycles. The molecule has 0 unspecified atom stereocenters. The SMILES string of the molecule is CC(=O)N(C[C@@H]1CCCN1C(=O)Nc1cnn(C)c1)C1CC1. The van der Waals surface area contributed by atoms with Gasteiger partial charge in [-0.05, 0) is 25.7 Å². The molecular formula is C15H23N5O2. The molecule has 3 amide bonds. The quantitative estimate of drug-likeness (QED) is 0.914. The van der Waals surface area contributed by atoms with Crippen LogP contribution in [0.5, 0.6) is 0 Å². The predicted molar refractivity (Wildman–Crippen MR) is 82.4 cm³/mol. The lowest BCUT2D eigenvalue weighted by Crippen LogP contribution is -2.46. The lowest BCUT2D eigenvalue weighted by Gasteiger charge is -2.30. The Morgan fingerprint density at radius 1 is 1.41 bits per heavy atom. The summed E-state index contributed by atoms with van der Waals surface area (Å²) < 4.78 is 1.65. The van der Waals surface area contributed by atoms with Gasteiger partial charge in [0.25, 0.3) is 0 Å². The van der Waals surface area contributed by atoms with Crippen molar-refractivity contribution in [3.63, 3.8) is 0 Å². The second-order valence-electron chi connectivity index (χ2n) is 6.22. The number of hydrogen-bond acceptors (Lipinski definition) is 3. The van der Waals surface area contributed by atoms with Crippen LogP contribution >= 0.6 is 0 Å². The second kappa shape index (κ2) is 5.98. The number of rotatable bonds is 4. The van der Waals surface area contributed by atoms with Gasteiger partial charge in [0.2, 0.25) is 5.91 Å². The van der Waals surface area contributed by atoms with Crippen LogP contribution in [0.15, 0.2) is 12.4 Å². The summed E-state index contributed by atoms with van der Waals surface area (Å²) in [5, 5.41) is 6.93. The molecule has 7 nitrogen and oxygen atoms in total. The molecule has 1 atom stereocenters. The molecule has 1 N–H and O–H groups in total. The van der Waals surface area contributed by atoms with Crippen molar-refractivity contribution < 1.29 is 9.59 Å². The first-order chi connectivity index (χ1) is 10.5. The highest BCUT2D eigenvalue weighted by molar-refractivity contribution is 5.89. The Labute approximate surface area is 130 Å². The van der Waals surface area contributed by atoms with E-state index >= 15 is 0 Å². The number of carbonyl (C=O) groups is 2. The van der Waals surface area contributed by atoms with Gasteiger partial charge in [-0.15, -0.1) is 0 Å². The number of carbonyl (C=O) groups excluding carboxylic acids is 2. The fourth-order valence-electron chi connectivity index (χ4n) is 3.12. The third-order valence-corrected chi connectivity index (χ3v) is 4.39. The average molecular weight is 305 g/mol. The van der Waals surface area contributed by atoms with Crippen LogP contribution in [0.25, 0.3) is 0 Å². The summed E-state index contributed by atoms with van der Waals surface area (Å²) in [5.74, 6) is 0.113. The highest BCUT2D eigenvalue weighted by Crippen LogP contribution is 2.29. The van der Waals surface area contributed by atoms with E-state index < -0.39 is 0 Å². The van der Waals surface area contributed by atoms with E-state index in [4.69, 9.17) is 0 Å². The van der Waals surface area contributed by atoms with Crippen LogP contribution in [0.3, 0.4) is 0 Å². The minimum atomic E-state index is -0.102. The molecule has 3 rings (SSSR count). The first-order valence-electron chi connectivity index (χ1n) is 7.88. The van der Waals surface area contributed by atoms with Gasteiger partial charge >= 0.3 is 6.03 Å². The molecule has 1 aromatic heterocycles. The van der Waals surface area contributed by atoms with Gasteiger partial charge in [-0.1, -0.05) is 0 Å². The van der Waals surface area contributed by atoms with Gasteiger partial charge in [-0.3, -0.25) is 9.48 Å². The largest absolute Gasteiger partial charge is 0.338 e. The number of hydrogen-bond donors (Lipinski definition) is 1. The maximum atomic E-state index is 12.4. The molecule has 0 bridgehead atoms. The zero-order valence-corrected chi connectivity index (χ0v) is 13.2. The van der Waals surface area contributed by atoms with Crippen molar-refractivity contribution in [1.82, 2.24) is 19.6 Å². The van der Waals surface area contributed by atoms with Gasteiger partial charge in [0.05, 0.1) is 17.9 Å². The van der Waals surface area contributed by atoms with E-state index in [1.54, 1.807) is 24.0 Å². The molecule has 0 radical (unpaired) electrons. The third kappa shape index (κ3) is 3.23. The summed E-state index contributed by atoms with van der Waals surface area (Å²) in [4.78, 5) is 28.0. The standard InChI is InChI=1S/C15H23N5O2/c1-11(21)20(13-5-6-13)10-14-4-3-7-19(14)15(22)17-12-8-16-18(2)9-12/h8-9,13-14H,3-7,10H2,1-2H3,(H,17,22)/t14-/m0/s1. The van der Waals surface area contributed by atoms with Gasteiger partial charge in [-0.2, -0.15) is 5.10 Å². The van der Waals surface area contributed by atoms with Crippen molar-refractivity contribution >= 4 is 17.6 Å². The minimum Gasteiger partial charge on any atom is -0.338 e. The Hall–Kier alpha value is -2.05. The zero-order chi connectivity index (χ0) is 15.7. The van der Waals surface area contributed by atoms with Gasteiger partial charge in [0.1, 0.15) is 0 Å². The van der Waals surface area contributed by atoms with Crippen LogP contribution in [0.1, 0.15) is 32.6 Å². The topological polar surface area (TPSA) is 70.5 Å². The van der Waals surface area contributed by atoms with Crippen molar-refractivity contribution in [2.24, 2.45) is 7.05 Å². The highest BCUT2D eigenvalue weighted by atomic mass is 16.2. The van der Waals surface area contributed by atoms with Gasteiger partial charge in [0, 0.05) is 39.3 Å². The number of aryl methyl sites for hydroxylation is 1. The van der Waals surface area contributed by atoms with Gasteiger partial charge in [0.15, 0.2) is 0 Å². The van der Waals surface area contributed by atoms with E-state index in [0.717, 1.165) is 32.2 Å². The zero-order valence-electron chi connectivity index (χ0n) is 13.2. The Morgan fingerprint density at radius 3 is 2.77 bits per heavy atom. The summed E-state index contributed by atoms with van der Waals surface area (Å²) >= 11 is 0. The van der Waals surface area contributed by atoms with Crippen LogP contribution in [0, 0.1) is 0 Å². The first-order valence-corrected chi connectivity index (χ1v) is 7.88. The Bertz CT molecular complexity index is 566. The molecule has 22 heavy (non-hydrogen) atoms. The van der Waals surface area contributed by atoms with Crippen LogP contribution in [-0.4, -0.2) is 56.7 Å². The Balaban J connectivity index is 1.62. The highest BCUT2D eigenvalue weighted by Gasteiger charge is 2.36. The van der Waals surface area contributed by atoms with E-state index in [0.29, 0.717) is 18.3 Å². The van der Waals surface area contributed by atoms with Crippen molar-refractivity contribution in [3.05, 3.63) is 12.4 Å². The monoisotopic (exact) mass is 305 g/mol. The first kappa shape index (κ1) is 14.9.